The minimum absolute atomic E-state index is 0.0132. The number of urea groups is 3. The van der Waals surface area contributed by atoms with Crippen molar-refractivity contribution in [2.45, 2.75) is 13.8 Å². The molecule has 0 saturated heterocycles. The zero-order valence-electron chi connectivity index (χ0n) is 41.0. The van der Waals surface area contributed by atoms with Crippen LogP contribution in [0.5, 0.6) is 0 Å². The van der Waals surface area contributed by atoms with Gasteiger partial charge in [-0.3, -0.25) is 64.1 Å². The number of aryl methyl sites for hydroxylation is 1. The molecule has 27 nitrogen and oxygen atoms in total. The molecule has 0 aliphatic heterocycles. The molecule has 8 aromatic rings. The van der Waals surface area contributed by atoms with E-state index >= 15 is 0 Å². The summed E-state index contributed by atoms with van der Waals surface area (Å²) in [6.07, 6.45) is 2.87. The Balaban J connectivity index is 0.000000199. The van der Waals surface area contributed by atoms with Gasteiger partial charge in [-0.1, -0.05) is 18.2 Å². The smallest absolute Gasteiger partial charge is 0.349 e. The van der Waals surface area contributed by atoms with E-state index in [4.69, 9.17) is 44.6 Å². The van der Waals surface area contributed by atoms with Gasteiger partial charge >= 0.3 is 23.7 Å². The van der Waals surface area contributed by atoms with Crippen molar-refractivity contribution in [1.82, 2.24) is 20.9 Å². The molecular formula is C48H41N13O14S5. The molecule has 0 radical (unpaired) electrons. The number of fused-ring (bicyclic) bond motifs is 1. The van der Waals surface area contributed by atoms with E-state index in [0.717, 1.165) is 27.6 Å². The molecule has 1 aromatic carbocycles. The van der Waals surface area contributed by atoms with Gasteiger partial charge < -0.3 is 55.2 Å². The number of hydrogen-bond donors (Lipinski definition) is 12. The van der Waals surface area contributed by atoms with Crippen LogP contribution in [-0.4, -0.2) is 76.2 Å². The summed E-state index contributed by atoms with van der Waals surface area (Å²) in [5.74, 6) is -5.86. The minimum atomic E-state index is -1.02. The maximum absolute atomic E-state index is 12.2. The predicted molar refractivity (Wildman–Crippen MR) is 299 cm³/mol. The van der Waals surface area contributed by atoms with Gasteiger partial charge in [-0.2, -0.15) is 0 Å². The van der Waals surface area contributed by atoms with Gasteiger partial charge in [0.25, 0.3) is 35.4 Å². The Bertz CT molecular complexity index is 3850. The molecule has 15 amide bonds. The van der Waals surface area contributed by atoms with Crippen LogP contribution in [0.2, 0.25) is 0 Å². The highest BCUT2D eigenvalue weighted by molar-refractivity contribution is 7.16. The van der Waals surface area contributed by atoms with Gasteiger partial charge in [-0.15, -0.1) is 56.7 Å². The highest BCUT2D eigenvalue weighted by atomic mass is 32.1. The molecule has 32 heteroatoms. The number of amides is 15. The minimum Gasteiger partial charge on any atom is -0.422 e. The number of anilines is 2. The topological polar surface area (TPSA) is 490 Å². The van der Waals surface area contributed by atoms with Gasteiger partial charge in [0.2, 0.25) is 17.7 Å². The van der Waals surface area contributed by atoms with Crippen molar-refractivity contribution >= 4 is 149 Å². The summed E-state index contributed by atoms with van der Waals surface area (Å²) >= 11 is 6.00. The van der Waals surface area contributed by atoms with Crippen molar-refractivity contribution < 1.29 is 62.0 Å². The first-order valence-electron chi connectivity index (χ1n) is 21.8. The maximum Gasteiger partial charge on any atom is 0.349 e. The van der Waals surface area contributed by atoms with Gasteiger partial charge in [0.05, 0.1) is 38.9 Å². The third-order valence-electron chi connectivity index (χ3n) is 9.87. The SMILES string of the molecule is CC(=O)Nc1sccc1C(=O)NC(N)=O.Cc1cc(C(=O)Nc2scc(C(N)=O)c2C(N)=O)cs1.NC(=O)NC(=O)c1ccsc1-c1c(C(N)=O)c(=O)oc2ccccc12.NC(=O)NC(=O)c1ccsc1-c1cnccc1C(N)=O. The van der Waals surface area contributed by atoms with E-state index in [1.54, 1.807) is 51.9 Å². The fraction of sp³-hybridized carbons (Fsp3) is 0.0417. The Morgan fingerprint density at radius 3 is 1.60 bits per heavy atom. The Morgan fingerprint density at radius 2 is 1.06 bits per heavy atom. The molecule has 0 aliphatic rings. The lowest BCUT2D eigenvalue weighted by Gasteiger charge is -2.10. The molecule has 0 saturated carbocycles. The summed E-state index contributed by atoms with van der Waals surface area (Å²) in [7, 11) is 0. The number of carbonyl (C=O) groups excluding carboxylic acids is 12. The molecule has 0 unspecified atom stereocenters. The lowest BCUT2D eigenvalue weighted by Crippen LogP contribution is -2.35. The Hall–Kier alpha value is -10.3. The van der Waals surface area contributed by atoms with Gasteiger partial charge in [0.1, 0.15) is 21.1 Å². The van der Waals surface area contributed by atoms with Gasteiger partial charge in [0.15, 0.2) is 0 Å². The molecule has 0 aliphatic carbocycles. The van der Waals surface area contributed by atoms with Crippen molar-refractivity contribution in [1.29, 1.82) is 0 Å². The number of rotatable bonds is 12. The van der Waals surface area contributed by atoms with Gasteiger partial charge in [-0.05, 0) is 59.5 Å². The summed E-state index contributed by atoms with van der Waals surface area (Å²) in [6.45, 7) is 3.21. The summed E-state index contributed by atoms with van der Waals surface area (Å²) < 4.78 is 5.13. The van der Waals surface area contributed by atoms with Crippen LogP contribution in [0.1, 0.15) is 94.7 Å². The third kappa shape index (κ3) is 15.4. The van der Waals surface area contributed by atoms with E-state index in [2.05, 4.69) is 15.6 Å². The largest absolute Gasteiger partial charge is 0.422 e. The van der Waals surface area contributed by atoms with Crippen LogP contribution in [0.15, 0.2) is 103 Å². The number of nitrogens with two attached hydrogens (primary N) is 7. The number of primary amides is 7. The van der Waals surface area contributed by atoms with Crippen molar-refractivity contribution in [2.75, 3.05) is 10.6 Å². The summed E-state index contributed by atoms with van der Waals surface area (Å²) in [5, 5.41) is 19.9. The third-order valence-corrected chi connectivity index (χ3v) is 14.3. The van der Waals surface area contributed by atoms with E-state index in [1.807, 2.05) is 22.9 Å². The molecule has 8 rings (SSSR count). The van der Waals surface area contributed by atoms with E-state index in [0.29, 0.717) is 31.3 Å². The quantitative estimate of drug-likeness (QED) is 0.0762. The van der Waals surface area contributed by atoms with Crippen LogP contribution >= 0.6 is 56.7 Å². The zero-order chi connectivity index (χ0) is 59.1. The Kier molecular flexibility index (Phi) is 20.6. The summed E-state index contributed by atoms with van der Waals surface area (Å²) in [4.78, 5) is 154. The normalized spacial score (nSPS) is 10.1. The second-order valence-electron chi connectivity index (χ2n) is 15.4. The highest BCUT2D eigenvalue weighted by Gasteiger charge is 2.27. The van der Waals surface area contributed by atoms with Crippen LogP contribution in [0.25, 0.3) is 31.9 Å². The number of carbonyl (C=O) groups is 12. The van der Waals surface area contributed by atoms with Crippen LogP contribution in [0, 0.1) is 6.92 Å². The molecule has 7 aromatic heterocycles. The average molecular weight is 1180 g/mol. The van der Waals surface area contributed by atoms with E-state index < -0.39 is 65.1 Å². The fourth-order valence-electron chi connectivity index (χ4n) is 6.67. The first-order valence-corrected chi connectivity index (χ1v) is 26.2. The van der Waals surface area contributed by atoms with E-state index in [9.17, 15) is 62.3 Å². The number of hydrogen-bond acceptors (Lipinski definition) is 20. The first-order chi connectivity index (χ1) is 37.8. The van der Waals surface area contributed by atoms with Crippen LogP contribution < -0.4 is 72.3 Å². The Morgan fingerprint density at radius 1 is 0.525 bits per heavy atom. The number of benzene rings is 1. The molecule has 0 bridgehead atoms. The molecule has 0 atom stereocenters. The second-order valence-corrected chi connectivity index (χ2v) is 20.1. The number of para-hydroxylation sites is 1. The molecule has 412 valence electrons. The standard InChI is InChI=1S/C16H11N3O5S.C12H10N4O3S.C12H11N3O3S2.C8H9N3O3S/c17-13(20)11-10(7-3-1-2-4-9(7)24-15(11)22)12-8(5-6-25-12)14(21)19-16(18)23;13-10(17)6-1-3-15-5-8(6)9-7(2-4-20-9)11(18)16-12(14)19;1-5-2-6(3-19-5)11(18)15-12-8(10(14)17)7(4-20-12)9(13)16;1-4(12)10-7-5(2-3-15-7)6(13)11-8(9)14/h1-6H,(H2,17,20)(H3,18,19,21,23);1-5H,(H2,13,17)(H3,14,16,18,19);2-4H,1H3,(H2,13,16)(H2,14,17)(H,15,18);2-3H,1H3,(H,10,12)(H3,9,11,13,14). The number of aromatic nitrogens is 1. The number of nitrogens with one attached hydrogen (secondary N) is 5. The lowest BCUT2D eigenvalue weighted by atomic mass is 10.00. The van der Waals surface area contributed by atoms with Crippen molar-refractivity contribution in [2.24, 2.45) is 40.1 Å². The molecule has 0 fully saturated rings. The molecular weight excluding hydrogens is 1140 g/mol. The van der Waals surface area contributed by atoms with Crippen LogP contribution in [-0.2, 0) is 4.79 Å². The molecule has 19 N–H and O–H groups in total. The number of imide groups is 3. The van der Waals surface area contributed by atoms with Gasteiger partial charge in [-0.25, -0.2) is 19.2 Å². The lowest BCUT2D eigenvalue weighted by molar-refractivity contribution is -0.114. The molecule has 0 spiro atoms. The fourth-order valence-corrected chi connectivity index (χ4v) is 11.0. The maximum atomic E-state index is 12.2. The van der Waals surface area contributed by atoms with Crippen LogP contribution in [0.4, 0.5) is 24.4 Å². The van der Waals surface area contributed by atoms with E-state index in [-0.39, 0.29) is 66.9 Å². The zero-order valence-corrected chi connectivity index (χ0v) is 45.1. The second kappa shape index (κ2) is 27.2. The summed E-state index contributed by atoms with van der Waals surface area (Å²) in [5.41, 5.74) is 36.5. The average Bonchev–Trinajstić information content (AvgIpc) is 4.38. The summed E-state index contributed by atoms with van der Waals surface area (Å²) in [6, 6.07) is 11.3. The predicted octanol–water partition coefficient (Wildman–Crippen LogP) is 4.23. The van der Waals surface area contributed by atoms with Gasteiger partial charge in [0, 0.05) is 61.2 Å². The first kappa shape index (κ1) is 60.6. The van der Waals surface area contributed by atoms with E-state index in [1.165, 1.54) is 83.0 Å². The molecule has 80 heavy (non-hydrogen) atoms. The van der Waals surface area contributed by atoms with Crippen molar-refractivity contribution in [3.63, 3.8) is 0 Å². The monoisotopic (exact) mass is 1180 g/mol. The Labute approximate surface area is 468 Å². The molecule has 7 heterocycles. The van der Waals surface area contributed by atoms with Crippen molar-refractivity contribution in [3.05, 3.63) is 154 Å². The highest BCUT2D eigenvalue weighted by Crippen LogP contribution is 2.37. The van der Waals surface area contributed by atoms with Crippen molar-refractivity contribution in [3.8, 4) is 20.9 Å². The van der Waals surface area contributed by atoms with Crippen LogP contribution in [0.3, 0.4) is 0 Å². The number of thiophene rings is 5. The number of nitrogens with zero attached hydrogens (tertiary/aromatic N) is 1. The number of pyridine rings is 1.